The molecule has 0 radical (unpaired) electrons. The van der Waals surface area contributed by atoms with Crippen molar-refractivity contribution in [2.24, 2.45) is 16.0 Å². The minimum Gasteiger partial charge on any atom is -0.462 e. The molecule has 1 unspecified atom stereocenters. The molecular weight excluding hydrogens is 360 g/mol. The summed E-state index contributed by atoms with van der Waals surface area (Å²) in [6, 6.07) is 0. The molecule has 1 atom stereocenters. The van der Waals surface area contributed by atoms with E-state index in [0.717, 1.165) is 36.2 Å². The molecule has 1 fully saturated rings. The number of amidine groups is 1. The Morgan fingerprint density at radius 3 is 2.67 bits per heavy atom. The minimum absolute atomic E-state index is 0.318. The van der Waals surface area contributed by atoms with E-state index < -0.39 is 0 Å². The first-order chi connectivity index (χ1) is 12.6. The van der Waals surface area contributed by atoms with E-state index in [0.29, 0.717) is 12.0 Å². The fourth-order valence-electron chi connectivity index (χ4n) is 3.28. The Bertz CT molecular complexity index is 527. The molecule has 0 aromatic heterocycles. The highest BCUT2D eigenvalue weighted by Crippen LogP contribution is 2.33. The maximum Gasteiger partial charge on any atom is 0.293 e. The number of hydrogen-bond acceptors (Lipinski definition) is 6. The number of allylic oxidation sites excluding steroid dienone is 1. The molecule has 0 aromatic carbocycles. The second-order valence-electron chi connectivity index (χ2n) is 8.91. The van der Waals surface area contributed by atoms with E-state index in [1.54, 1.807) is 0 Å². The summed E-state index contributed by atoms with van der Waals surface area (Å²) in [6.45, 7) is 12.8. The molecule has 27 heavy (non-hydrogen) atoms. The Hall–Kier alpha value is -1.05. The van der Waals surface area contributed by atoms with Crippen LogP contribution in [0.3, 0.4) is 0 Å². The van der Waals surface area contributed by atoms with Crippen molar-refractivity contribution in [2.75, 3.05) is 20.1 Å². The van der Waals surface area contributed by atoms with E-state index in [-0.39, 0.29) is 5.60 Å². The average Bonchev–Trinajstić information content (AvgIpc) is 2.84. The summed E-state index contributed by atoms with van der Waals surface area (Å²) in [7, 11) is 2.24. The number of nitrogens with zero attached hydrogens (tertiary/aromatic N) is 2. The van der Waals surface area contributed by atoms with E-state index in [2.05, 4.69) is 46.9 Å². The third-order valence-corrected chi connectivity index (χ3v) is 5.46. The molecule has 2 aliphatic heterocycles. The molecular formula is C20H38N4O2S. The van der Waals surface area contributed by atoms with Crippen LogP contribution in [0.1, 0.15) is 66.7 Å². The van der Waals surface area contributed by atoms with Crippen LogP contribution in [0, 0.1) is 5.92 Å². The number of nitrogens with one attached hydrogen (secondary N) is 1. The molecule has 1 saturated heterocycles. The third-order valence-electron chi connectivity index (χ3n) is 4.93. The van der Waals surface area contributed by atoms with Gasteiger partial charge in [0.1, 0.15) is 11.4 Å². The molecule has 0 amide bonds. The standard InChI is InChI=1S/C15H28N4S.C5H10O2/c1-15(2)10-12(11-19(15)3)6-5-9-17-13-7-4-8-14(18-13)20-16;1-5(2,3)7-4-6/h8,12H,4-7,9-11,16H2,1-3H3,(H,17,18);4H,1-3H3. The normalized spacial score (nSPS) is 23.9. The van der Waals surface area contributed by atoms with E-state index in [9.17, 15) is 4.79 Å². The largest absolute Gasteiger partial charge is 0.462 e. The molecule has 0 aliphatic carbocycles. The van der Waals surface area contributed by atoms with Crippen molar-refractivity contribution in [2.45, 2.75) is 77.9 Å². The third kappa shape index (κ3) is 9.63. The molecule has 0 spiro atoms. The second-order valence-corrected chi connectivity index (χ2v) is 9.59. The lowest BCUT2D eigenvalue weighted by molar-refractivity contribution is -0.138. The monoisotopic (exact) mass is 398 g/mol. The summed E-state index contributed by atoms with van der Waals surface area (Å²) < 4.78 is 4.55. The van der Waals surface area contributed by atoms with Gasteiger partial charge in [-0.15, -0.1) is 0 Å². The predicted molar refractivity (Wildman–Crippen MR) is 115 cm³/mol. The van der Waals surface area contributed by atoms with Gasteiger partial charge in [0.2, 0.25) is 0 Å². The summed E-state index contributed by atoms with van der Waals surface area (Å²) >= 11 is 1.27. The number of nitrogens with two attached hydrogens (primary N) is 1. The Balaban J connectivity index is 0.000000445. The summed E-state index contributed by atoms with van der Waals surface area (Å²) in [4.78, 5) is 16.8. The van der Waals surface area contributed by atoms with Crippen LogP contribution in [0.5, 0.6) is 0 Å². The zero-order chi connectivity index (χ0) is 20.5. The van der Waals surface area contributed by atoms with Gasteiger partial charge in [0, 0.05) is 25.0 Å². The van der Waals surface area contributed by atoms with E-state index >= 15 is 0 Å². The van der Waals surface area contributed by atoms with Crippen molar-refractivity contribution in [3.63, 3.8) is 0 Å². The van der Waals surface area contributed by atoms with Crippen LogP contribution < -0.4 is 10.5 Å². The van der Waals surface area contributed by atoms with Crippen molar-refractivity contribution in [3.8, 4) is 0 Å². The van der Waals surface area contributed by atoms with Crippen LogP contribution in [0.4, 0.5) is 0 Å². The molecule has 2 heterocycles. The fourth-order valence-corrected chi connectivity index (χ4v) is 3.68. The highest BCUT2D eigenvalue weighted by atomic mass is 32.2. The highest BCUT2D eigenvalue weighted by molar-refractivity contribution is 8.00. The van der Waals surface area contributed by atoms with Crippen LogP contribution >= 0.6 is 11.9 Å². The van der Waals surface area contributed by atoms with Crippen molar-refractivity contribution in [1.82, 2.24) is 10.2 Å². The smallest absolute Gasteiger partial charge is 0.293 e. The van der Waals surface area contributed by atoms with Gasteiger partial charge in [0.25, 0.3) is 6.47 Å². The first-order valence-corrected chi connectivity index (χ1v) is 10.7. The lowest BCUT2D eigenvalue weighted by Gasteiger charge is -2.26. The quantitative estimate of drug-likeness (QED) is 0.404. The minimum atomic E-state index is -0.318. The van der Waals surface area contributed by atoms with E-state index in [4.69, 9.17) is 5.14 Å². The van der Waals surface area contributed by atoms with Crippen LogP contribution in [0.25, 0.3) is 0 Å². The number of rotatable bonds is 6. The zero-order valence-electron chi connectivity index (χ0n) is 17.9. The first-order valence-electron chi connectivity index (χ1n) is 9.77. The van der Waals surface area contributed by atoms with Crippen molar-refractivity contribution < 1.29 is 9.53 Å². The summed E-state index contributed by atoms with van der Waals surface area (Å²) in [5.74, 6) is 1.94. The lowest BCUT2D eigenvalue weighted by atomic mass is 9.93. The van der Waals surface area contributed by atoms with Crippen molar-refractivity contribution >= 4 is 24.3 Å². The molecule has 2 rings (SSSR count). The van der Waals surface area contributed by atoms with Crippen LogP contribution in [-0.4, -0.2) is 48.5 Å². The molecule has 2 aliphatic rings. The zero-order valence-corrected chi connectivity index (χ0v) is 18.7. The molecule has 0 bridgehead atoms. The number of ether oxygens (including phenoxy) is 1. The van der Waals surface area contributed by atoms with Gasteiger partial charge < -0.3 is 15.0 Å². The maximum absolute atomic E-state index is 9.60. The molecule has 3 N–H and O–H groups in total. The second kappa shape index (κ2) is 11.1. The van der Waals surface area contributed by atoms with E-state index in [1.165, 1.54) is 37.8 Å². The fraction of sp³-hybridized carbons (Fsp3) is 0.800. The number of aliphatic imine (C=N–C) groups is 1. The number of carbonyl (C=O) groups is 1. The number of carbonyl (C=O) groups excluding carboxylic acids is 1. The predicted octanol–water partition coefficient (Wildman–Crippen LogP) is 3.69. The van der Waals surface area contributed by atoms with Gasteiger partial charge in [-0.1, -0.05) is 6.08 Å². The lowest BCUT2D eigenvalue weighted by Crippen LogP contribution is -2.34. The van der Waals surface area contributed by atoms with Gasteiger partial charge in [0.15, 0.2) is 0 Å². The van der Waals surface area contributed by atoms with Crippen LogP contribution in [-0.2, 0) is 9.53 Å². The molecule has 156 valence electrons. The van der Waals surface area contributed by atoms with Gasteiger partial charge in [-0.3, -0.25) is 14.9 Å². The first kappa shape index (κ1) is 24.0. The van der Waals surface area contributed by atoms with Gasteiger partial charge in [-0.25, -0.2) is 0 Å². The van der Waals surface area contributed by atoms with E-state index in [1.807, 2.05) is 20.8 Å². The van der Waals surface area contributed by atoms with Gasteiger partial charge >= 0.3 is 0 Å². The van der Waals surface area contributed by atoms with Crippen LogP contribution in [0.2, 0.25) is 0 Å². The van der Waals surface area contributed by atoms with Gasteiger partial charge in [-0.05, 0) is 85.2 Å². The maximum atomic E-state index is 9.60. The number of hydrogen-bond donors (Lipinski definition) is 2. The Morgan fingerprint density at radius 1 is 1.48 bits per heavy atom. The van der Waals surface area contributed by atoms with Gasteiger partial charge in [0.05, 0.1) is 5.03 Å². The van der Waals surface area contributed by atoms with Crippen molar-refractivity contribution in [1.29, 1.82) is 0 Å². The topological polar surface area (TPSA) is 80.0 Å². The SMILES string of the molecule is CC(C)(C)OC=O.CN1CC(CCCN=C2CCC=C(SN)N2)CC1(C)C. The molecule has 7 heteroatoms. The summed E-state index contributed by atoms with van der Waals surface area (Å²) in [5, 5.41) is 9.90. The van der Waals surface area contributed by atoms with Gasteiger partial charge in [-0.2, -0.15) is 0 Å². The Labute approximate surface area is 169 Å². The van der Waals surface area contributed by atoms with Crippen molar-refractivity contribution in [3.05, 3.63) is 11.1 Å². The average molecular weight is 399 g/mol. The molecule has 0 saturated carbocycles. The summed E-state index contributed by atoms with van der Waals surface area (Å²) in [6.07, 6.45) is 8.00. The summed E-state index contributed by atoms with van der Waals surface area (Å²) in [5.41, 5.74) is 0.0568. The highest BCUT2D eigenvalue weighted by Gasteiger charge is 2.35. The van der Waals surface area contributed by atoms with Crippen LogP contribution in [0.15, 0.2) is 16.1 Å². The number of likely N-dealkylation sites (tertiary alicyclic amines) is 1. The molecule has 0 aromatic rings. The molecule has 6 nitrogen and oxygen atoms in total. The Kier molecular flexibility index (Phi) is 9.84. The Morgan fingerprint density at radius 2 is 2.19 bits per heavy atom.